The third-order valence-corrected chi connectivity index (χ3v) is 1.35. The molecule has 11 heavy (non-hydrogen) atoms. The molecule has 0 saturated heterocycles. The molecule has 0 rings (SSSR count). The molecule has 0 aliphatic heterocycles. The number of aliphatic imine (C=N–C) groups is 1. The summed E-state index contributed by atoms with van der Waals surface area (Å²) in [6.45, 7) is 3.46. The van der Waals surface area contributed by atoms with Crippen molar-refractivity contribution < 1.29 is 13.5 Å². The molecule has 0 N–H and O–H groups in total. The zero-order chi connectivity index (χ0) is 8.85. The van der Waals surface area contributed by atoms with E-state index >= 15 is 0 Å². The van der Waals surface area contributed by atoms with Crippen LogP contribution in [0, 0.1) is 0 Å². The molecule has 0 aliphatic rings. The van der Waals surface area contributed by atoms with Crippen molar-refractivity contribution in [3.8, 4) is 0 Å². The lowest BCUT2D eigenvalue weighted by molar-refractivity contribution is -0.0919. The van der Waals surface area contributed by atoms with Gasteiger partial charge in [-0.25, -0.2) is 0 Å². The van der Waals surface area contributed by atoms with Gasteiger partial charge < -0.3 is 4.74 Å². The average molecular weight is 226 g/mol. The maximum absolute atomic E-state index is 11.5. The van der Waals surface area contributed by atoms with Crippen molar-refractivity contribution in [3.63, 3.8) is 0 Å². The quantitative estimate of drug-likeness (QED) is 0.410. The smallest absolute Gasteiger partial charge is 0.387 e. The van der Waals surface area contributed by atoms with E-state index in [4.69, 9.17) is 0 Å². The summed E-state index contributed by atoms with van der Waals surface area (Å²) >= 11 is 2.90. The molecule has 0 heterocycles. The molecule has 0 aromatic rings. The predicted molar refractivity (Wildman–Crippen MR) is 42.8 cm³/mol. The first-order valence-electron chi connectivity index (χ1n) is 2.53. The minimum atomic E-state index is -2.87. The Morgan fingerprint density at radius 3 is 2.55 bits per heavy atom. The number of ether oxygens (including phenoxy) is 1. The minimum absolute atomic E-state index is 0.174. The Morgan fingerprint density at radius 2 is 2.18 bits per heavy atom. The number of hydrogen-bond donors (Lipinski definition) is 0. The van der Waals surface area contributed by atoms with Crippen molar-refractivity contribution in [2.45, 2.75) is 6.61 Å². The molecule has 62 valence electrons. The first-order chi connectivity index (χ1) is 5.07. The molecule has 0 aliphatic carbocycles. The Kier molecular flexibility index (Phi) is 4.69. The summed E-state index contributed by atoms with van der Waals surface area (Å²) in [7, 11) is 0. The van der Waals surface area contributed by atoms with E-state index in [9.17, 15) is 8.78 Å². The summed E-state index contributed by atoms with van der Waals surface area (Å²) in [5, 5.41) is 0. The highest BCUT2D eigenvalue weighted by molar-refractivity contribution is 9.11. The number of nitrogens with zero attached hydrogens (tertiary/aromatic N) is 1. The van der Waals surface area contributed by atoms with Crippen LogP contribution in [0.3, 0.4) is 0 Å². The first kappa shape index (κ1) is 10.3. The molecule has 0 aromatic heterocycles. The van der Waals surface area contributed by atoms with Crippen LogP contribution < -0.4 is 0 Å². The minimum Gasteiger partial charge on any atom is -0.434 e. The van der Waals surface area contributed by atoms with E-state index < -0.39 is 6.61 Å². The maximum Gasteiger partial charge on any atom is 0.387 e. The van der Waals surface area contributed by atoms with Crippen LogP contribution in [0.25, 0.3) is 0 Å². The Morgan fingerprint density at radius 1 is 1.64 bits per heavy atom. The Labute approximate surface area is 71.4 Å². The summed E-state index contributed by atoms with van der Waals surface area (Å²) in [6, 6.07) is 0. The van der Waals surface area contributed by atoms with Gasteiger partial charge in [-0.15, -0.1) is 0 Å². The van der Waals surface area contributed by atoms with E-state index in [2.05, 4.69) is 39.0 Å². The molecule has 0 unspecified atom stereocenters. The van der Waals surface area contributed by atoms with Gasteiger partial charge in [-0.05, 0) is 22.6 Å². The van der Waals surface area contributed by atoms with Crippen molar-refractivity contribution in [1.82, 2.24) is 0 Å². The monoisotopic (exact) mass is 225 g/mol. The van der Waals surface area contributed by atoms with Crippen LogP contribution in [0.1, 0.15) is 0 Å². The van der Waals surface area contributed by atoms with E-state index in [1.165, 1.54) is 6.20 Å². The van der Waals surface area contributed by atoms with Gasteiger partial charge in [0.25, 0.3) is 0 Å². The van der Waals surface area contributed by atoms with Gasteiger partial charge in [0.2, 0.25) is 0 Å². The number of allylic oxidation sites excluding steroid dienone is 1. The van der Waals surface area contributed by atoms with Crippen LogP contribution in [0.5, 0.6) is 0 Å². The third kappa shape index (κ3) is 4.66. The fourth-order valence-corrected chi connectivity index (χ4v) is 0.554. The molecule has 0 bridgehead atoms. The maximum atomic E-state index is 11.5. The van der Waals surface area contributed by atoms with E-state index in [1.54, 1.807) is 0 Å². The first-order valence-corrected chi connectivity index (χ1v) is 3.32. The van der Waals surface area contributed by atoms with E-state index in [0.29, 0.717) is 0 Å². The zero-order valence-electron chi connectivity index (χ0n) is 5.56. The molecule has 0 saturated carbocycles. The second kappa shape index (κ2) is 5.01. The molecule has 0 atom stereocenters. The zero-order valence-corrected chi connectivity index (χ0v) is 7.14. The van der Waals surface area contributed by atoms with Gasteiger partial charge in [0, 0.05) is 6.20 Å². The third-order valence-electron chi connectivity index (χ3n) is 0.702. The van der Waals surface area contributed by atoms with Crippen LogP contribution in [0.15, 0.2) is 28.0 Å². The molecule has 2 nitrogen and oxygen atoms in total. The van der Waals surface area contributed by atoms with Gasteiger partial charge in [0.1, 0.15) is 5.76 Å². The average Bonchev–Trinajstić information content (AvgIpc) is 1.86. The van der Waals surface area contributed by atoms with E-state index in [0.717, 1.165) is 0 Å². The van der Waals surface area contributed by atoms with Crippen LogP contribution in [0.4, 0.5) is 8.78 Å². The molecule has 0 aromatic carbocycles. The van der Waals surface area contributed by atoms with E-state index in [-0.39, 0.29) is 10.2 Å². The Balaban J connectivity index is 4.03. The summed E-state index contributed by atoms with van der Waals surface area (Å²) < 4.78 is 27.2. The molecule has 0 radical (unpaired) electrons. The van der Waals surface area contributed by atoms with Crippen molar-refractivity contribution in [3.05, 3.63) is 23.0 Å². The molecule has 5 heteroatoms. The Hall–Kier alpha value is -0.710. The van der Waals surface area contributed by atoms with Gasteiger partial charge >= 0.3 is 6.61 Å². The second-order valence-corrected chi connectivity index (χ2v) is 2.32. The lowest BCUT2D eigenvalue weighted by Crippen LogP contribution is -1.97. The lowest BCUT2D eigenvalue weighted by Gasteiger charge is -2.04. The topological polar surface area (TPSA) is 21.6 Å². The van der Waals surface area contributed by atoms with E-state index in [1.807, 2.05) is 0 Å². The normalized spacial score (nSPS) is 11.5. The lowest BCUT2D eigenvalue weighted by atomic mass is 10.5. The number of rotatable bonds is 4. The molecule has 0 spiro atoms. The van der Waals surface area contributed by atoms with Crippen molar-refractivity contribution in [2.24, 2.45) is 4.99 Å². The standard InChI is InChI=1S/C6H6BrF2NO/c1-4(11-6(8)9)5(7)3-10-2/h3,6H,1-2H2/b5-3+. The van der Waals surface area contributed by atoms with Crippen LogP contribution in [-0.4, -0.2) is 13.3 Å². The van der Waals surface area contributed by atoms with Crippen LogP contribution in [0.2, 0.25) is 0 Å². The summed E-state index contributed by atoms with van der Waals surface area (Å²) in [4.78, 5) is 3.32. The predicted octanol–water partition coefficient (Wildman–Crippen LogP) is 2.68. The van der Waals surface area contributed by atoms with Crippen molar-refractivity contribution >= 4 is 22.6 Å². The molecule has 0 fully saturated rings. The number of hydrogen-bond acceptors (Lipinski definition) is 2. The summed E-state index contributed by atoms with van der Waals surface area (Å²) in [5.74, 6) is -0.174. The fourth-order valence-electron chi connectivity index (χ4n) is 0.316. The second-order valence-electron chi connectivity index (χ2n) is 1.46. The van der Waals surface area contributed by atoms with Gasteiger partial charge in [-0.2, -0.15) is 8.78 Å². The van der Waals surface area contributed by atoms with Crippen molar-refractivity contribution in [1.29, 1.82) is 0 Å². The van der Waals surface area contributed by atoms with Crippen LogP contribution in [-0.2, 0) is 4.74 Å². The van der Waals surface area contributed by atoms with Gasteiger partial charge in [-0.1, -0.05) is 6.58 Å². The number of alkyl halides is 2. The number of halogens is 3. The van der Waals surface area contributed by atoms with Gasteiger partial charge in [-0.3, -0.25) is 4.99 Å². The summed E-state index contributed by atoms with van der Waals surface area (Å²) in [6.07, 6.45) is 1.21. The SMILES string of the molecule is C=N/C=C(/Br)C(=C)OC(F)F. The molecule has 0 amide bonds. The highest BCUT2D eigenvalue weighted by atomic mass is 79.9. The molecular formula is C6H6BrF2NO. The molecular weight excluding hydrogens is 220 g/mol. The highest BCUT2D eigenvalue weighted by Crippen LogP contribution is 2.18. The summed E-state index contributed by atoms with van der Waals surface area (Å²) in [5.41, 5.74) is 0. The largest absolute Gasteiger partial charge is 0.434 e. The van der Waals surface area contributed by atoms with Crippen LogP contribution >= 0.6 is 15.9 Å². The van der Waals surface area contributed by atoms with Gasteiger partial charge in [0.15, 0.2) is 0 Å². The van der Waals surface area contributed by atoms with Crippen molar-refractivity contribution in [2.75, 3.05) is 0 Å². The fraction of sp³-hybridized carbons (Fsp3) is 0.167. The van der Waals surface area contributed by atoms with Gasteiger partial charge in [0.05, 0.1) is 4.48 Å². The highest BCUT2D eigenvalue weighted by Gasteiger charge is 2.06. The Bertz CT molecular complexity index is 191.